The second kappa shape index (κ2) is 8.78. The number of likely N-dealkylation sites (N-methyl/N-ethyl adjacent to an activating group) is 1. The molecular weight excluding hydrogens is 286 g/mol. The van der Waals surface area contributed by atoms with Gasteiger partial charge in [-0.25, -0.2) is 4.79 Å². The van der Waals surface area contributed by atoms with E-state index in [9.17, 15) is 14.4 Å². The zero-order chi connectivity index (χ0) is 16.5. The third kappa shape index (κ3) is 6.36. The van der Waals surface area contributed by atoms with Crippen molar-refractivity contribution in [2.75, 3.05) is 13.6 Å². The Hall–Kier alpha value is -2.41. The first kappa shape index (κ1) is 17.6. The van der Waals surface area contributed by atoms with Gasteiger partial charge in [0.25, 0.3) is 0 Å². The zero-order valence-corrected chi connectivity index (χ0v) is 12.7. The number of aliphatic carboxylic acids is 1. The molecule has 0 heterocycles. The van der Waals surface area contributed by atoms with E-state index >= 15 is 0 Å². The summed E-state index contributed by atoms with van der Waals surface area (Å²) in [5.74, 6) is -1.40. The summed E-state index contributed by atoms with van der Waals surface area (Å²) in [6.07, 6.45) is 0.0485. The molecule has 3 N–H and O–H groups in total. The highest BCUT2D eigenvalue weighted by atomic mass is 16.4. The number of nitrogens with zero attached hydrogens (tertiary/aromatic N) is 1. The van der Waals surface area contributed by atoms with Gasteiger partial charge in [-0.05, 0) is 19.5 Å². The lowest BCUT2D eigenvalue weighted by molar-refractivity contribution is -0.142. The minimum atomic E-state index is -0.955. The lowest BCUT2D eigenvalue weighted by atomic mass is 10.2. The molecule has 1 aromatic rings. The number of carbonyl (C=O) groups is 3. The molecule has 120 valence electrons. The standard InChI is InChI=1S/C15H21N3O4/c1-11(14(20)21)18(2)9-8-13(19)17-15(22)16-10-12-6-4-3-5-7-12/h3-7,11H,8-10H2,1-2H3,(H,20,21)(H2,16,17,19,22). The number of nitrogens with one attached hydrogen (secondary N) is 2. The largest absolute Gasteiger partial charge is 0.480 e. The van der Waals surface area contributed by atoms with Crippen LogP contribution in [0.4, 0.5) is 4.79 Å². The van der Waals surface area contributed by atoms with Crippen molar-refractivity contribution in [3.8, 4) is 0 Å². The van der Waals surface area contributed by atoms with Crippen LogP contribution in [0.15, 0.2) is 30.3 Å². The Balaban J connectivity index is 2.27. The number of imide groups is 1. The second-order valence-electron chi connectivity index (χ2n) is 4.96. The van der Waals surface area contributed by atoms with Gasteiger partial charge >= 0.3 is 12.0 Å². The third-order valence-electron chi connectivity index (χ3n) is 3.26. The van der Waals surface area contributed by atoms with Gasteiger partial charge in [0.1, 0.15) is 6.04 Å². The maximum Gasteiger partial charge on any atom is 0.321 e. The number of carboxylic acid groups (broad SMARTS) is 1. The highest BCUT2D eigenvalue weighted by Crippen LogP contribution is 1.98. The summed E-state index contributed by atoms with van der Waals surface area (Å²) in [6.45, 7) is 2.12. The van der Waals surface area contributed by atoms with Crippen LogP contribution >= 0.6 is 0 Å². The normalized spacial score (nSPS) is 11.8. The minimum Gasteiger partial charge on any atom is -0.480 e. The van der Waals surface area contributed by atoms with E-state index in [2.05, 4.69) is 10.6 Å². The maximum absolute atomic E-state index is 11.6. The Morgan fingerprint density at radius 2 is 1.86 bits per heavy atom. The molecule has 7 nitrogen and oxygen atoms in total. The molecular formula is C15H21N3O4. The summed E-state index contributed by atoms with van der Waals surface area (Å²) in [5, 5.41) is 13.6. The monoisotopic (exact) mass is 307 g/mol. The fourth-order valence-corrected chi connectivity index (χ4v) is 1.67. The summed E-state index contributed by atoms with van der Waals surface area (Å²) in [5.41, 5.74) is 0.931. The van der Waals surface area contributed by atoms with Gasteiger partial charge in [0.05, 0.1) is 0 Å². The number of hydrogen-bond donors (Lipinski definition) is 3. The molecule has 0 aliphatic rings. The van der Waals surface area contributed by atoms with Gasteiger partial charge in [0.2, 0.25) is 5.91 Å². The van der Waals surface area contributed by atoms with Crippen LogP contribution in [0.2, 0.25) is 0 Å². The van der Waals surface area contributed by atoms with Crippen molar-refractivity contribution in [3.63, 3.8) is 0 Å². The number of carbonyl (C=O) groups excluding carboxylic acids is 2. The number of hydrogen-bond acceptors (Lipinski definition) is 4. The van der Waals surface area contributed by atoms with Crippen molar-refractivity contribution in [1.82, 2.24) is 15.5 Å². The van der Waals surface area contributed by atoms with Crippen LogP contribution in [0.25, 0.3) is 0 Å². The first-order valence-corrected chi connectivity index (χ1v) is 6.94. The molecule has 7 heteroatoms. The topological polar surface area (TPSA) is 98.7 Å². The van der Waals surface area contributed by atoms with Gasteiger partial charge in [0, 0.05) is 19.5 Å². The SMILES string of the molecule is CC(C(=O)O)N(C)CCC(=O)NC(=O)NCc1ccccc1. The van der Waals surface area contributed by atoms with Gasteiger partial charge in [-0.15, -0.1) is 0 Å². The van der Waals surface area contributed by atoms with Crippen molar-refractivity contribution >= 4 is 17.9 Å². The van der Waals surface area contributed by atoms with Crippen LogP contribution in [0, 0.1) is 0 Å². The van der Waals surface area contributed by atoms with Crippen molar-refractivity contribution in [2.24, 2.45) is 0 Å². The quantitative estimate of drug-likeness (QED) is 0.692. The summed E-state index contributed by atoms with van der Waals surface area (Å²) in [7, 11) is 1.61. The van der Waals surface area contributed by atoms with Crippen LogP contribution < -0.4 is 10.6 Å². The summed E-state index contributed by atoms with van der Waals surface area (Å²) in [4.78, 5) is 35.5. The first-order valence-electron chi connectivity index (χ1n) is 6.94. The molecule has 1 atom stereocenters. The van der Waals surface area contributed by atoms with Gasteiger partial charge in [0.15, 0.2) is 0 Å². The maximum atomic E-state index is 11.6. The van der Waals surface area contributed by atoms with Crippen LogP contribution in [-0.2, 0) is 16.1 Å². The summed E-state index contributed by atoms with van der Waals surface area (Å²) < 4.78 is 0. The number of rotatable bonds is 7. The van der Waals surface area contributed by atoms with E-state index in [0.717, 1.165) is 5.56 Å². The number of benzene rings is 1. The highest BCUT2D eigenvalue weighted by molar-refractivity contribution is 5.94. The van der Waals surface area contributed by atoms with Gasteiger partial charge in [-0.3, -0.25) is 19.8 Å². The van der Waals surface area contributed by atoms with Gasteiger partial charge < -0.3 is 10.4 Å². The molecule has 1 aromatic carbocycles. The fraction of sp³-hybridized carbons (Fsp3) is 0.400. The lowest BCUT2D eigenvalue weighted by Gasteiger charge is -2.20. The molecule has 1 unspecified atom stereocenters. The number of carboxylic acids is 1. The predicted molar refractivity (Wildman–Crippen MR) is 81.2 cm³/mol. The first-order chi connectivity index (χ1) is 10.4. The minimum absolute atomic E-state index is 0.0485. The van der Waals surface area contributed by atoms with Crippen molar-refractivity contribution < 1.29 is 19.5 Å². The molecule has 0 saturated heterocycles. The van der Waals surface area contributed by atoms with E-state index < -0.39 is 23.9 Å². The predicted octanol–water partition coefficient (Wildman–Crippen LogP) is 0.807. The molecule has 1 rings (SSSR count). The van der Waals surface area contributed by atoms with Crippen molar-refractivity contribution in [3.05, 3.63) is 35.9 Å². The Morgan fingerprint density at radius 3 is 2.45 bits per heavy atom. The third-order valence-corrected chi connectivity index (χ3v) is 3.26. The summed E-state index contributed by atoms with van der Waals surface area (Å²) >= 11 is 0. The number of amides is 3. The van der Waals surface area contributed by atoms with E-state index in [1.165, 1.54) is 11.8 Å². The molecule has 0 fully saturated rings. The van der Waals surface area contributed by atoms with Crippen molar-refractivity contribution in [1.29, 1.82) is 0 Å². The molecule has 0 aliphatic heterocycles. The Kier molecular flexibility index (Phi) is 7.04. The molecule has 0 radical (unpaired) electrons. The molecule has 0 spiro atoms. The molecule has 0 aliphatic carbocycles. The van der Waals surface area contributed by atoms with Crippen molar-refractivity contribution in [2.45, 2.75) is 25.9 Å². The average Bonchev–Trinajstić information content (AvgIpc) is 2.50. The summed E-state index contributed by atoms with van der Waals surface area (Å²) in [6, 6.07) is 8.08. The smallest absolute Gasteiger partial charge is 0.321 e. The van der Waals surface area contributed by atoms with Crippen LogP contribution in [-0.4, -0.2) is 47.5 Å². The van der Waals surface area contributed by atoms with Crippen LogP contribution in [0.3, 0.4) is 0 Å². The van der Waals surface area contributed by atoms with Gasteiger partial charge in [-0.2, -0.15) is 0 Å². The Labute approximate surface area is 129 Å². The molecule has 22 heavy (non-hydrogen) atoms. The average molecular weight is 307 g/mol. The Bertz CT molecular complexity index is 519. The zero-order valence-electron chi connectivity index (χ0n) is 12.7. The van der Waals surface area contributed by atoms with Gasteiger partial charge in [-0.1, -0.05) is 30.3 Å². The molecule has 3 amide bonds. The molecule has 0 aromatic heterocycles. The van der Waals surface area contributed by atoms with Crippen LogP contribution in [0.1, 0.15) is 18.9 Å². The van der Waals surface area contributed by atoms with E-state index in [0.29, 0.717) is 6.54 Å². The van der Waals surface area contributed by atoms with E-state index in [1.54, 1.807) is 7.05 Å². The fourth-order valence-electron chi connectivity index (χ4n) is 1.67. The van der Waals surface area contributed by atoms with Crippen LogP contribution in [0.5, 0.6) is 0 Å². The molecule has 0 saturated carbocycles. The lowest BCUT2D eigenvalue weighted by Crippen LogP contribution is -2.42. The highest BCUT2D eigenvalue weighted by Gasteiger charge is 2.17. The Morgan fingerprint density at radius 1 is 1.23 bits per heavy atom. The van der Waals surface area contributed by atoms with E-state index in [1.807, 2.05) is 30.3 Å². The second-order valence-corrected chi connectivity index (χ2v) is 4.96. The molecule has 0 bridgehead atoms. The number of urea groups is 1. The van der Waals surface area contributed by atoms with E-state index in [-0.39, 0.29) is 13.0 Å². The van der Waals surface area contributed by atoms with E-state index in [4.69, 9.17) is 5.11 Å².